The van der Waals surface area contributed by atoms with Gasteiger partial charge in [-0.15, -0.1) is 0 Å². The van der Waals surface area contributed by atoms with E-state index in [1.807, 2.05) is 0 Å². The topological polar surface area (TPSA) is 50.2 Å². The van der Waals surface area contributed by atoms with Gasteiger partial charge >= 0.3 is 0 Å². The van der Waals surface area contributed by atoms with Gasteiger partial charge < -0.3 is 10.2 Å². The minimum Gasteiger partial charge on any atom is -0.371 e. The third-order valence-electron chi connectivity index (χ3n) is 3.52. The Labute approximate surface area is 122 Å². The van der Waals surface area contributed by atoms with E-state index in [0.29, 0.717) is 12.6 Å². The van der Waals surface area contributed by atoms with Crippen LogP contribution in [0.3, 0.4) is 0 Å². The Morgan fingerprint density at radius 3 is 2.60 bits per heavy atom. The molecule has 20 heavy (non-hydrogen) atoms. The summed E-state index contributed by atoms with van der Waals surface area (Å²) < 4.78 is 1.53. The molecule has 5 heteroatoms. The van der Waals surface area contributed by atoms with Crippen LogP contribution in [0.25, 0.3) is 0 Å². The Hall–Kier alpha value is -1.36. The highest BCUT2D eigenvalue weighted by Gasteiger charge is 2.06. The Bertz CT molecular complexity index is 440. The molecule has 0 aromatic carbocycles. The number of hydrogen-bond donors (Lipinski definition) is 1. The fourth-order valence-electron chi connectivity index (χ4n) is 2.31. The van der Waals surface area contributed by atoms with Gasteiger partial charge in [0.15, 0.2) is 0 Å². The van der Waals surface area contributed by atoms with Gasteiger partial charge in [-0.25, -0.2) is 4.68 Å². The standard InChI is InChI=1S/C15H28N4O/c1-5-8-13(4)16-9-10-19-15(20)11-14(12-17-19)18(6-2)7-3/h11-13,16H,5-10H2,1-4H3. The van der Waals surface area contributed by atoms with Crippen molar-refractivity contribution in [2.75, 3.05) is 24.5 Å². The lowest BCUT2D eigenvalue weighted by atomic mass is 10.2. The minimum atomic E-state index is -0.0284. The summed E-state index contributed by atoms with van der Waals surface area (Å²) in [4.78, 5) is 14.1. The lowest BCUT2D eigenvalue weighted by molar-refractivity contribution is 0.463. The number of nitrogens with one attached hydrogen (secondary N) is 1. The molecule has 1 aromatic rings. The molecule has 0 aliphatic carbocycles. The van der Waals surface area contributed by atoms with Crippen molar-refractivity contribution in [2.45, 2.75) is 53.1 Å². The highest BCUT2D eigenvalue weighted by Crippen LogP contribution is 2.07. The molecular weight excluding hydrogens is 252 g/mol. The van der Waals surface area contributed by atoms with Crippen molar-refractivity contribution in [3.05, 3.63) is 22.6 Å². The van der Waals surface area contributed by atoms with Crippen LogP contribution < -0.4 is 15.8 Å². The molecule has 0 spiro atoms. The van der Waals surface area contributed by atoms with Crippen molar-refractivity contribution < 1.29 is 0 Å². The highest BCUT2D eigenvalue weighted by atomic mass is 16.1. The van der Waals surface area contributed by atoms with Crippen molar-refractivity contribution in [1.29, 1.82) is 0 Å². The first-order valence-corrected chi connectivity index (χ1v) is 7.67. The molecular formula is C15H28N4O. The fraction of sp³-hybridized carbons (Fsp3) is 0.733. The molecule has 1 aromatic heterocycles. The van der Waals surface area contributed by atoms with Crippen LogP contribution >= 0.6 is 0 Å². The van der Waals surface area contributed by atoms with Crippen LogP contribution in [-0.4, -0.2) is 35.5 Å². The van der Waals surface area contributed by atoms with E-state index in [1.54, 1.807) is 12.3 Å². The average molecular weight is 280 g/mol. The zero-order valence-corrected chi connectivity index (χ0v) is 13.2. The van der Waals surface area contributed by atoms with E-state index in [1.165, 1.54) is 11.1 Å². The molecule has 1 unspecified atom stereocenters. The number of anilines is 1. The molecule has 0 fully saturated rings. The van der Waals surface area contributed by atoms with Crippen LogP contribution in [0.5, 0.6) is 0 Å². The summed E-state index contributed by atoms with van der Waals surface area (Å²) in [6.45, 7) is 11.7. The highest BCUT2D eigenvalue weighted by molar-refractivity contribution is 5.42. The number of hydrogen-bond acceptors (Lipinski definition) is 4. The smallest absolute Gasteiger partial charge is 0.268 e. The predicted molar refractivity (Wildman–Crippen MR) is 84.4 cm³/mol. The monoisotopic (exact) mass is 280 g/mol. The summed E-state index contributed by atoms with van der Waals surface area (Å²) in [5, 5.41) is 7.67. The maximum atomic E-state index is 12.0. The van der Waals surface area contributed by atoms with Crippen LogP contribution in [0.4, 0.5) is 5.69 Å². The Morgan fingerprint density at radius 2 is 2.05 bits per heavy atom. The quantitative estimate of drug-likeness (QED) is 0.750. The first-order chi connectivity index (χ1) is 9.62. The van der Waals surface area contributed by atoms with Crippen molar-refractivity contribution >= 4 is 5.69 Å². The average Bonchev–Trinajstić information content (AvgIpc) is 2.43. The van der Waals surface area contributed by atoms with Gasteiger partial charge in [0, 0.05) is 31.7 Å². The van der Waals surface area contributed by atoms with Crippen molar-refractivity contribution in [2.24, 2.45) is 0 Å². The van der Waals surface area contributed by atoms with Crippen LogP contribution in [0.1, 0.15) is 40.5 Å². The minimum absolute atomic E-state index is 0.0284. The summed E-state index contributed by atoms with van der Waals surface area (Å²) in [7, 11) is 0. The molecule has 114 valence electrons. The zero-order valence-electron chi connectivity index (χ0n) is 13.2. The second kappa shape index (κ2) is 8.74. The lowest BCUT2D eigenvalue weighted by Gasteiger charge is -2.20. The molecule has 0 aliphatic heterocycles. The largest absolute Gasteiger partial charge is 0.371 e. The van der Waals surface area contributed by atoms with E-state index in [-0.39, 0.29) is 5.56 Å². The summed E-state index contributed by atoms with van der Waals surface area (Å²) in [5.41, 5.74) is 0.878. The third-order valence-corrected chi connectivity index (χ3v) is 3.52. The normalized spacial score (nSPS) is 12.4. The lowest BCUT2D eigenvalue weighted by Crippen LogP contribution is -2.33. The van der Waals surface area contributed by atoms with Crippen molar-refractivity contribution in [1.82, 2.24) is 15.1 Å². The van der Waals surface area contributed by atoms with Crippen molar-refractivity contribution in [3.8, 4) is 0 Å². The predicted octanol–water partition coefficient (Wildman–Crippen LogP) is 1.87. The number of aromatic nitrogens is 2. The summed E-state index contributed by atoms with van der Waals surface area (Å²) in [6, 6.07) is 2.17. The van der Waals surface area contributed by atoms with E-state index in [2.05, 4.69) is 43.0 Å². The molecule has 1 N–H and O–H groups in total. The Morgan fingerprint density at radius 1 is 1.35 bits per heavy atom. The van der Waals surface area contributed by atoms with Gasteiger partial charge in [-0.1, -0.05) is 13.3 Å². The maximum absolute atomic E-state index is 12.0. The second-order valence-electron chi connectivity index (χ2n) is 5.09. The van der Waals surface area contributed by atoms with Crippen LogP contribution in [0.15, 0.2) is 17.1 Å². The van der Waals surface area contributed by atoms with Gasteiger partial charge in [0.1, 0.15) is 0 Å². The maximum Gasteiger partial charge on any atom is 0.268 e. The van der Waals surface area contributed by atoms with Crippen molar-refractivity contribution in [3.63, 3.8) is 0 Å². The molecule has 5 nitrogen and oxygen atoms in total. The zero-order chi connectivity index (χ0) is 15.0. The van der Waals surface area contributed by atoms with Gasteiger partial charge in [-0.3, -0.25) is 4.79 Å². The fourth-order valence-corrected chi connectivity index (χ4v) is 2.31. The second-order valence-corrected chi connectivity index (χ2v) is 5.09. The van der Waals surface area contributed by atoms with Gasteiger partial charge in [0.25, 0.3) is 5.56 Å². The van der Waals surface area contributed by atoms with Crippen LogP contribution in [-0.2, 0) is 6.54 Å². The molecule has 0 amide bonds. The van der Waals surface area contributed by atoms with E-state index >= 15 is 0 Å². The molecule has 1 atom stereocenters. The molecule has 1 heterocycles. The molecule has 0 radical (unpaired) electrons. The SMILES string of the molecule is CCCC(C)NCCn1ncc(N(CC)CC)cc1=O. The summed E-state index contributed by atoms with van der Waals surface area (Å²) >= 11 is 0. The Kier molecular flexibility index (Phi) is 7.30. The Balaban J connectivity index is 2.58. The van der Waals surface area contributed by atoms with Crippen LogP contribution in [0.2, 0.25) is 0 Å². The van der Waals surface area contributed by atoms with E-state index in [4.69, 9.17) is 0 Å². The number of rotatable bonds is 9. The molecule has 0 bridgehead atoms. The first kappa shape index (κ1) is 16.7. The van der Waals surface area contributed by atoms with E-state index in [9.17, 15) is 4.79 Å². The van der Waals surface area contributed by atoms with Crippen LogP contribution in [0, 0.1) is 0 Å². The molecule has 0 saturated heterocycles. The van der Waals surface area contributed by atoms with E-state index in [0.717, 1.165) is 31.7 Å². The van der Waals surface area contributed by atoms with Gasteiger partial charge in [0.2, 0.25) is 0 Å². The van der Waals surface area contributed by atoms with E-state index < -0.39 is 0 Å². The van der Waals surface area contributed by atoms with Gasteiger partial charge in [-0.05, 0) is 27.2 Å². The molecule has 0 saturated carbocycles. The first-order valence-electron chi connectivity index (χ1n) is 7.67. The molecule has 0 aliphatic rings. The summed E-state index contributed by atoms with van der Waals surface area (Å²) in [5.74, 6) is 0. The van der Waals surface area contributed by atoms with Gasteiger partial charge in [0.05, 0.1) is 18.4 Å². The van der Waals surface area contributed by atoms with Gasteiger partial charge in [-0.2, -0.15) is 5.10 Å². The summed E-state index contributed by atoms with van der Waals surface area (Å²) in [6.07, 6.45) is 4.11. The third kappa shape index (κ3) is 4.96. The number of nitrogens with zero attached hydrogens (tertiary/aromatic N) is 3. The molecule has 1 rings (SSSR count).